The largest absolute Gasteiger partial charge is 0.444 e. The number of amides is 3. The number of ether oxygens (including phenoxy) is 1. The Labute approximate surface area is 242 Å². The zero-order valence-corrected chi connectivity index (χ0v) is 24.9. The first-order chi connectivity index (χ1) is 19.3. The fourth-order valence-electron chi connectivity index (χ4n) is 4.86. The number of carbonyl (C=O) groups excluding carboxylic acids is 3. The Morgan fingerprint density at radius 1 is 1.05 bits per heavy atom. The second-order valence-electron chi connectivity index (χ2n) is 11.7. The number of nitrogens with one attached hydrogen (secondary N) is 1. The molecule has 2 aliphatic rings. The molecule has 4 rings (SSSR count). The summed E-state index contributed by atoms with van der Waals surface area (Å²) < 4.78 is 7.89. The van der Waals surface area contributed by atoms with Gasteiger partial charge in [-0.2, -0.15) is 0 Å². The molecule has 0 spiro atoms. The Morgan fingerprint density at radius 3 is 2.07 bits per heavy atom. The quantitative estimate of drug-likeness (QED) is 0.284. The maximum atomic E-state index is 14.2. The zero-order chi connectivity index (χ0) is 29.9. The molecule has 3 atom stereocenters. The predicted molar refractivity (Wildman–Crippen MR) is 147 cm³/mol. The van der Waals surface area contributed by atoms with Gasteiger partial charge in [0.1, 0.15) is 34.4 Å². The molecule has 2 aromatic rings. The Morgan fingerprint density at radius 2 is 1.59 bits per heavy atom. The Hall–Kier alpha value is -3.24. The van der Waals surface area contributed by atoms with Gasteiger partial charge in [-0.1, -0.05) is 10.4 Å². The molecule has 4 heterocycles. The van der Waals surface area contributed by atoms with E-state index in [4.69, 9.17) is 14.9 Å². The van der Waals surface area contributed by atoms with E-state index in [9.17, 15) is 14.4 Å². The number of aromatic nitrogens is 6. The molecule has 2 aromatic heterocycles. The number of alkyl carbamates (subject to hydrolysis) is 1. The molecule has 2 fully saturated rings. The summed E-state index contributed by atoms with van der Waals surface area (Å²) in [5.74, 6) is -0.633. The number of hydrogen-bond acceptors (Lipinski definition) is 11. The van der Waals surface area contributed by atoms with E-state index >= 15 is 0 Å². The highest BCUT2D eigenvalue weighted by Crippen LogP contribution is 2.51. The van der Waals surface area contributed by atoms with Crippen LogP contribution in [0, 0.1) is 0 Å². The average Bonchev–Trinajstić information content (AvgIpc) is 3.59. The fraction of sp³-hybridized carbons (Fsp3) is 0.720. The number of aryl methyl sites for hydroxylation is 2. The monoisotopic (exact) mass is 593 g/mol. The van der Waals surface area contributed by atoms with Crippen LogP contribution < -0.4 is 5.32 Å². The highest BCUT2D eigenvalue weighted by Gasteiger charge is 2.64. The van der Waals surface area contributed by atoms with Crippen molar-refractivity contribution in [3.63, 3.8) is 0 Å². The van der Waals surface area contributed by atoms with E-state index in [1.165, 1.54) is 16.7 Å². The topological polar surface area (TPSA) is 181 Å². The summed E-state index contributed by atoms with van der Waals surface area (Å²) in [4.78, 5) is 43.0. The molecule has 0 saturated carbocycles. The number of hydrogen-bond donors (Lipinski definition) is 3. The first-order valence-electron chi connectivity index (χ1n) is 13.6. The molecule has 226 valence electrons. The number of β-lactam (4-membered cyclic amide) rings is 1. The minimum atomic E-state index is -0.796. The van der Waals surface area contributed by atoms with Gasteiger partial charge >= 0.3 is 6.09 Å². The van der Waals surface area contributed by atoms with Crippen LogP contribution in [0.4, 0.5) is 4.79 Å². The second kappa shape index (κ2) is 12.3. The highest BCUT2D eigenvalue weighted by atomic mass is 32.2. The molecule has 0 aliphatic carbocycles. The lowest BCUT2D eigenvalue weighted by Crippen LogP contribution is -2.71. The van der Waals surface area contributed by atoms with Crippen LogP contribution in [-0.2, 0) is 40.5 Å². The van der Waals surface area contributed by atoms with Gasteiger partial charge in [-0.25, -0.2) is 4.79 Å². The smallest absolute Gasteiger partial charge is 0.408 e. The Kier molecular flexibility index (Phi) is 9.23. The van der Waals surface area contributed by atoms with Crippen molar-refractivity contribution in [1.82, 2.24) is 45.1 Å². The fourth-order valence-corrected chi connectivity index (χ4v) is 6.49. The van der Waals surface area contributed by atoms with Gasteiger partial charge in [-0.15, -0.1) is 22.0 Å². The highest BCUT2D eigenvalue weighted by molar-refractivity contribution is 8.01. The molecular formula is C25H39N9O6S. The number of fused-ring (bicyclic) bond motifs is 1. The molecule has 0 unspecified atom stereocenters. The van der Waals surface area contributed by atoms with Gasteiger partial charge < -0.3 is 30.1 Å². The molecule has 2 aliphatic heterocycles. The Bertz CT molecular complexity index is 1190. The maximum Gasteiger partial charge on any atom is 0.408 e. The van der Waals surface area contributed by atoms with Crippen LogP contribution in [0.3, 0.4) is 0 Å². The first-order valence-corrected chi connectivity index (χ1v) is 14.5. The van der Waals surface area contributed by atoms with E-state index in [0.717, 1.165) is 0 Å². The lowest BCUT2D eigenvalue weighted by atomic mass is 9.94. The third-order valence-electron chi connectivity index (χ3n) is 6.63. The van der Waals surface area contributed by atoms with Crippen molar-refractivity contribution in [1.29, 1.82) is 0 Å². The van der Waals surface area contributed by atoms with E-state index in [1.807, 2.05) is 13.8 Å². The molecule has 16 heteroatoms. The van der Waals surface area contributed by atoms with Gasteiger partial charge in [-0.05, 0) is 47.5 Å². The van der Waals surface area contributed by atoms with Crippen molar-refractivity contribution in [3.8, 4) is 0 Å². The number of rotatable bonds is 12. The van der Waals surface area contributed by atoms with Crippen molar-refractivity contribution in [2.75, 3.05) is 13.2 Å². The average molecular weight is 594 g/mol. The van der Waals surface area contributed by atoms with Gasteiger partial charge in [0.2, 0.25) is 11.8 Å². The molecule has 2 saturated heterocycles. The van der Waals surface area contributed by atoms with Gasteiger partial charge in [-0.3, -0.25) is 19.0 Å². The van der Waals surface area contributed by atoms with Gasteiger partial charge in [0, 0.05) is 31.1 Å². The minimum Gasteiger partial charge on any atom is -0.444 e. The molecule has 41 heavy (non-hydrogen) atoms. The molecule has 15 nitrogen and oxygen atoms in total. The molecule has 3 amide bonds. The third kappa shape index (κ3) is 7.16. The van der Waals surface area contributed by atoms with E-state index in [2.05, 4.69) is 25.9 Å². The predicted octanol–water partition coefficient (Wildman–Crippen LogP) is 0.119. The number of aliphatic hydroxyl groups is 2. The van der Waals surface area contributed by atoms with Gasteiger partial charge in [0.15, 0.2) is 0 Å². The standard InChI is InChI=1S/C25H39N9O6S/c1-24(2,3)40-23(39)26-18-20(37)34-19(25(4,5)41-22(18)34)21(38)31(12-16-14-32(29-27-16)8-6-10-35)13-17-15-33(30-28-17)9-7-11-36/h14-15,18-19,22,35-36H,6-13H2,1-5H3,(H,26,39)/t18-,19+,22-/m1/s1. The number of aliphatic hydroxyl groups excluding tert-OH is 2. The van der Waals surface area contributed by atoms with Crippen molar-refractivity contribution in [2.45, 2.75) is 101 Å². The van der Waals surface area contributed by atoms with Crippen molar-refractivity contribution < 1.29 is 29.3 Å². The lowest BCUT2D eigenvalue weighted by molar-refractivity contribution is -0.157. The summed E-state index contributed by atoms with van der Waals surface area (Å²) in [6, 6.07) is -1.59. The SMILES string of the molecule is CC(C)(C)OC(=O)N[C@@H]1C(=O)N2[C@@H]1SC(C)(C)[C@@H]2C(=O)N(Cc1cn(CCCO)nn1)Cc1cn(CCCO)nn1. The maximum absolute atomic E-state index is 14.2. The number of nitrogens with zero attached hydrogens (tertiary/aromatic N) is 8. The Balaban J connectivity index is 1.54. The van der Waals surface area contributed by atoms with Crippen LogP contribution >= 0.6 is 11.8 Å². The zero-order valence-electron chi connectivity index (χ0n) is 24.1. The molecule has 3 N–H and O–H groups in total. The summed E-state index contributed by atoms with van der Waals surface area (Å²) in [6.45, 7) is 10.3. The van der Waals surface area contributed by atoms with Crippen LogP contribution in [0.15, 0.2) is 12.4 Å². The van der Waals surface area contributed by atoms with Crippen molar-refractivity contribution in [3.05, 3.63) is 23.8 Å². The van der Waals surface area contributed by atoms with Crippen LogP contribution in [-0.4, -0.2) is 109 Å². The van der Waals surface area contributed by atoms with Crippen LogP contribution in [0.2, 0.25) is 0 Å². The molecule has 0 aromatic carbocycles. The van der Waals surface area contributed by atoms with E-state index in [-0.39, 0.29) is 38.1 Å². The van der Waals surface area contributed by atoms with Crippen LogP contribution in [0.25, 0.3) is 0 Å². The van der Waals surface area contributed by atoms with Crippen molar-refractivity contribution >= 4 is 29.7 Å². The summed E-state index contributed by atoms with van der Waals surface area (Å²) in [5.41, 5.74) is 0.379. The van der Waals surface area contributed by atoms with Crippen molar-refractivity contribution in [2.24, 2.45) is 0 Å². The van der Waals surface area contributed by atoms with Crippen LogP contribution in [0.1, 0.15) is 58.8 Å². The van der Waals surface area contributed by atoms with Gasteiger partial charge in [0.05, 0.1) is 25.5 Å². The summed E-state index contributed by atoms with van der Waals surface area (Å²) in [7, 11) is 0. The normalized spacial score (nSPS) is 21.4. The number of thioether (sulfide) groups is 1. The number of carbonyl (C=O) groups is 3. The summed E-state index contributed by atoms with van der Waals surface area (Å²) in [5, 5.41) is 37.1. The molecule has 0 radical (unpaired) electrons. The lowest BCUT2D eigenvalue weighted by Gasteiger charge is -2.45. The van der Waals surface area contributed by atoms with Gasteiger partial charge in [0.25, 0.3) is 0 Å². The van der Waals surface area contributed by atoms with E-state index < -0.39 is 33.9 Å². The van der Waals surface area contributed by atoms with Crippen LogP contribution in [0.5, 0.6) is 0 Å². The summed E-state index contributed by atoms with van der Waals surface area (Å²) >= 11 is 1.46. The van der Waals surface area contributed by atoms with E-state index in [0.29, 0.717) is 37.3 Å². The molecular weight excluding hydrogens is 554 g/mol. The second-order valence-corrected chi connectivity index (χ2v) is 13.4. The van der Waals surface area contributed by atoms with E-state index in [1.54, 1.807) is 47.4 Å². The first kappa shape index (κ1) is 30.7. The third-order valence-corrected chi connectivity index (χ3v) is 8.20. The molecule has 0 bridgehead atoms. The summed E-state index contributed by atoms with van der Waals surface area (Å²) in [6.07, 6.45) is 3.81. The minimum absolute atomic E-state index is 0.0228.